The van der Waals surface area contributed by atoms with Crippen LogP contribution < -0.4 is 5.73 Å². The van der Waals surface area contributed by atoms with E-state index in [1.807, 2.05) is 6.07 Å². The summed E-state index contributed by atoms with van der Waals surface area (Å²) in [7, 11) is 0. The Bertz CT molecular complexity index is 996. The predicted octanol–water partition coefficient (Wildman–Crippen LogP) is 2.80. The molecule has 0 bridgehead atoms. The number of hydrogen-bond donors (Lipinski definition) is 2. The number of aromatic amines is 1. The molecule has 0 saturated carbocycles. The number of anilines is 1. The van der Waals surface area contributed by atoms with Crippen molar-refractivity contribution in [3.05, 3.63) is 54.9 Å². The lowest BCUT2D eigenvalue weighted by molar-refractivity contribution is 0.625. The van der Waals surface area contributed by atoms with Crippen molar-refractivity contribution in [1.82, 2.24) is 24.9 Å². The quantitative estimate of drug-likeness (QED) is 0.594. The standard InChI is InChI=1S/C16H11FN6/c17-12-8-20-5-3-10(12)11-6-13-15(23-16(18)21-13)22-14(11)9-2-1-4-19-7-9/h1-8H,(H3,18,21,22,23). The van der Waals surface area contributed by atoms with Gasteiger partial charge in [-0.05, 0) is 24.3 Å². The number of pyridine rings is 3. The summed E-state index contributed by atoms with van der Waals surface area (Å²) >= 11 is 0. The second kappa shape index (κ2) is 5.13. The van der Waals surface area contributed by atoms with Crippen LogP contribution in [-0.4, -0.2) is 24.9 Å². The number of rotatable bonds is 2. The average Bonchev–Trinajstić information content (AvgIpc) is 2.94. The Morgan fingerprint density at radius 2 is 1.87 bits per heavy atom. The lowest BCUT2D eigenvalue weighted by Gasteiger charge is -2.09. The molecule has 7 heteroatoms. The Balaban J connectivity index is 2.06. The molecule has 112 valence electrons. The molecule has 0 aliphatic heterocycles. The summed E-state index contributed by atoms with van der Waals surface area (Å²) in [6.07, 6.45) is 6.05. The lowest BCUT2D eigenvalue weighted by Crippen LogP contribution is -1.94. The van der Waals surface area contributed by atoms with E-state index in [1.54, 1.807) is 30.6 Å². The normalized spacial score (nSPS) is 11.0. The van der Waals surface area contributed by atoms with Gasteiger partial charge >= 0.3 is 0 Å². The number of nitrogens with zero attached hydrogens (tertiary/aromatic N) is 4. The van der Waals surface area contributed by atoms with Crippen LogP contribution in [-0.2, 0) is 0 Å². The van der Waals surface area contributed by atoms with E-state index in [2.05, 4.69) is 24.9 Å². The van der Waals surface area contributed by atoms with E-state index in [4.69, 9.17) is 5.73 Å². The van der Waals surface area contributed by atoms with Gasteiger partial charge in [-0.3, -0.25) is 9.97 Å². The Morgan fingerprint density at radius 3 is 2.65 bits per heavy atom. The van der Waals surface area contributed by atoms with Crippen molar-refractivity contribution in [1.29, 1.82) is 0 Å². The number of nitrogens with one attached hydrogen (secondary N) is 1. The molecule has 4 heterocycles. The minimum atomic E-state index is -0.428. The van der Waals surface area contributed by atoms with E-state index in [0.717, 1.165) is 5.56 Å². The van der Waals surface area contributed by atoms with Crippen LogP contribution in [0.2, 0.25) is 0 Å². The molecule has 4 rings (SSSR count). The Hall–Kier alpha value is -3.35. The van der Waals surface area contributed by atoms with Gasteiger partial charge in [0.05, 0.1) is 11.9 Å². The van der Waals surface area contributed by atoms with Crippen molar-refractivity contribution >= 4 is 17.1 Å². The number of fused-ring (bicyclic) bond motifs is 1. The molecule has 0 unspecified atom stereocenters. The monoisotopic (exact) mass is 306 g/mol. The van der Waals surface area contributed by atoms with E-state index >= 15 is 0 Å². The second-order valence-electron chi connectivity index (χ2n) is 4.97. The van der Waals surface area contributed by atoms with Crippen LogP contribution >= 0.6 is 0 Å². The van der Waals surface area contributed by atoms with E-state index in [9.17, 15) is 4.39 Å². The molecule has 4 aromatic rings. The first-order valence-electron chi connectivity index (χ1n) is 6.89. The van der Waals surface area contributed by atoms with Crippen molar-refractivity contribution in [3.8, 4) is 22.4 Å². The topological polar surface area (TPSA) is 93.4 Å². The van der Waals surface area contributed by atoms with E-state index in [1.165, 1.54) is 12.4 Å². The fraction of sp³-hybridized carbons (Fsp3) is 0. The van der Waals surface area contributed by atoms with Gasteiger partial charge in [-0.2, -0.15) is 0 Å². The van der Waals surface area contributed by atoms with Crippen molar-refractivity contribution < 1.29 is 4.39 Å². The summed E-state index contributed by atoms with van der Waals surface area (Å²) in [5.74, 6) is -0.167. The molecule has 0 radical (unpaired) electrons. The van der Waals surface area contributed by atoms with Gasteiger partial charge in [-0.15, -0.1) is 0 Å². The zero-order valence-electron chi connectivity index (χ0n) is 11.9. The molecule has 6 nitrogen and oxygen atoms in total. The minimum Gasteiger partial charge on any atom is -0.369 e. The summed E-state index contributed by atoms with van der Waals surface area (Å²) in [4.78, 5) is 19.5. The number of hydrogen-bond acceptors (Lipinski definition) is 5. The molecule has 4 aromatic heterocycles. The molecule has 0 atom stereocenters. The first-order valence-corrected chi connectivity index (χ1v) is 6.89. The molecule has 0 fully saturated rings. The average molecular weight is 306 g/mol. The van der Waals surface area contributed by atoms with Gasteiger partial charge in [0, 0.05) is 35.3 Å². The third kappa shape index (κ3) is 2.28. The van der Waals surface area contributed by atoms with E-state index in [-0.39, 0.29) is 5.95 Å². The molecule has 0 saturated heterocycles. The second-order valence-corrected chi connectivity index (χ2v) is 4.97. The highest BCUT2D eigenvalue weighted by atomic mass is 19.1. The smallest absolute Gasteiger partial charge is 0.199 e. The summed E-state index contributed by atoms with van der Waals surface area (Å²) in [5.41, 5.74) is 9.18. The molecular formula is C16H11FN6. The van der Waals surface area contributed by atoms with Gasteiger partial charge in [0.25, 0.3) is 0 Å². The number of aromatic nitrogens is 5. The molecular weight excluding hydrogens is 295 g/mol. The largest absolute Gasteiger partial charge is 0.369 e. The number of halogens is 1. The number of H-pyrrole nitrogens is 1. The van der Waals surface area contributed by atoms with Crippen LogP contribution in [0.25, 0.3) is 33.5 Å². The highest BCUT2D eigenvalue weighted by Gasteiger charge is 2.16. The van der Waals surface area contributed by atoms with Crippen LogP contribution in [0.5, 0.6) is 0 Å². The highest BCUT2D eigenvalue weighted by Crippen LogP contribution is 2.33. The first-order chi connectivity index (χ1) is 11.2. The van der Waals surface area contributed by atoms with Crippen molar-refractivity contribution in [2.45, 2.75) is 0 Å². The number of nitrogen functional groups attached to an aromatic ring is 1. The number of imidazole rings is 1. The fourth-order valence-corrected chi connectivity index (χ4v) is 2.48. The van der Waals surface area contributed by atoms with Crippen molar-refractivity contribution in [2.75, 3.05) is 5.73 Å². The third-order valence-electron chi connectivity index (χ3n) is 3.49. The van der Waals surface area contributed by atoms with Gasteiger partial charge in [0.1, 0.15) is 11.3 Å². The minimum absolute atomic E-state index is 0.261. The Morgan fingerprint density at radius 1 is 1.00 bits per heavy atom. The summed E-state index contributed by atoms with van der Waals surface area (Å²) in [5, 5.41) is 0. The summed E-state index contributed by atoms with van der Waals surface area (Å²) < 4.78 is 14.2. The molecule has 0 aliphatic rings. The van der Waals surface area contributed by atoms with E-state index < -0.39 is 5.82 Å². The molecule has 0 aromatic carbocycles. The molecule has 0 amide bonds. The maximum atomic E-state index is 14.2. The molecule has 0 spiro atoms. The highest BCUT2D eigenvalue weighted by molar-refractivity contribution is 5.89. The van der Waals surface area contributed by atoms with Gasteiger partial charge in [0.15, 0.2) is 11.6 Å². The molecule has 0 aliphatic carbocycles. The fourth-order valence-electron chi connectivity index (χ4n) is 2.48. The van der Waals surface area contributed by atoms with Crippen molar-refractivity contribution in [2.24, 2.45) is 0 Å². The van der Waals surface area contributed by atoms with Crippen LogP contribution in [0.15, 0.2) is 49.1 Å². The van der Waals surface area contributed by atoms with Gasteiger partial charge in [0.2, 0.25) is 0 Å². The van der Waals surface area contributed by atoms with Gasteiger partial charge in [-0.25, -0.2) is 14.4 Å². The Kier molecular flexibility index (Phi) is 2.97. The zero-order chi connectivity index (χ0) is 15.8. The summed E-state index contributed by atoms with van der Waals surface area (Å²) in [6, 6.07) is 7.03. The van der Waals surface area contributed by atoms with E-state index in [0.29, 0.717) is 28.0 Å². The van der Waals surface area contributed by atoms with Crippen molar-refractivity contribution in [3.63, 3.8) is 0 Å². The van der Waals surface area contributed by atoms with Gasteiger partial charge < -0.3 is 10.7 Å². The predicted molar refractivity (Wildman–Crippen MR) is 84.7 cm³/mol. The maximum Gasteiger partial charge on any atom is 0.199 e. The summed E-state index contributed by atoms with van der Waals surface area (Å²) in [6.45, 7) is 0. The Labute approximate surface area is 130 Å². The lowest BCUT2D eigenvalue weighted by atomic mass is 10.0. The first kappa shape index (κ1) is 13.3. The molecule has 23 heavy (non-hydrogen) atoms. The van der Waals surface area contributed by atoms with Crippen LogP contribution in [0.3, 0.4) is 0 Å². The van der Waals surface area contributed by atoms with Crippen LogP contribution in [0.1, 0.15) is 0 Å². The zero-order valence-corrected chi connectivity index (χ0v) is 11.9. The van der Waals surface area contributed by atoms with Gasteiger partial charge in [-0.1, -0.05) is 0 Å². The van der Waals surface area contributed by atoms with Crippen LogP contribution in [0, 0.1) is 5.82 Å². The molecule has 3 N–H and O–H groups in total. The SMILES string of the molecule is Nc1nc2cc(-c3ccncc3F)c(-c3cccnc3)nc2[nH]1. The van der Waals surface area contributed by atoms with Crippen LogP contribution in [0.4, 0.5) is 10.3 Å². The maximum absolute atomic E-state index is 14.2. The number of nitrogens with two attached hydrogens (primary N) is 1. The third-order valence-corrected chi connectivity index (χ3v) is 3.49.